The van der Waals surface area contributed by atoms with Gasteiger partial charge in [0, 0.05) is 39.2 Å². The smallest absolute Gasteiger partial charge is 0.317 e. The van der Waals surface area contributed by atoms with E-state index >= 15 is 0 Å². The van der Waals surface area contributed by atoms with Crippen LogP contribution < -0.4 is 10.1 Å². The van der Waals surface area contributed by atoms with E-state index in [1.807, 2.05) is 19.1 Å². The number of carbonyl (C=O) groups is 1. The third-order valence-electron chi connectivity index (χ3n) is 3.18. The molecule has 0 spiro atoms. The molecule has 0 aliphatic carbocycles. The van der Waals surface area contributed by atoms with Gasteiger partial charge in [-0.25, -0.2) is 9.78 Å². The van der Waals surface area contributed by atoms with E-state index in [2.05, 4.69) is 10.3 Å². The molecule has 0 fully saturated rings. The monoisotopic (exact) mass is 279 g/mol. The third-order valence-corrected chi connectivity index (χ3v) is 3.18. The van der Waals surface area contributed by atoms with Crippen molar-refractivity contribution in [3.05, 3.63) is 23.4 Å². The fourth-order valence-electron chi connectivity index (χ4n) is 2.14. The summed E-state index contributed by atoms with van der Waals surface area (Å²) in [5.74, 6) is 0.618. The molecule has 1 aromatic rings. The first kappa shape index (κ1) is 14.6. The number of ether oxygens (including phenoxy) is 2. The van der Waals surface area contributed by atoms with Crippen molar-refractivity contribution in [2.45, 2.75) is 19.9 Å². The summed E-state index contributed by atoms with van der Waals surface area (Å²) < 4.78 is 10.4. The summed E-state index contributed by atoms with van der Waals surface area (Å²) in [6.45, 7) is 4.89. The molecule has 1 N–H and O–H groups in total. The van der Waals surface area contributed by atoms with Crippen LogP contribution in [0.15, 0.2) is 12.1 Å². The molecule has 1 aliphatic rings. The van der Waals surface area contributed by atoms with Crippen LogP contribution in [0.25, 0.3) is 0 Å². The second-order valence-corrected chi connectivity index (χ2v) is 4.60. The number of urea groups is 1. The number of nitrogens with one attached hydrogen (secondary N) is 1. The lowest BCUT2D eigenvalue weighted by Crippen LogP contribution is -2.42. The Morgan fingerprint density at radius 1 is 1.45 bits per heavy atom. The summed E-state index contributed by atoms with van der Waals surface area (Å²) in [7, 11) is 1.64. The minimum Gasteiger partial charge on any atom is -0.475 e. The Bertz CT molecular complexity index is 465. The lowest BCUT2D eigenvalue weighted by atomic mass is 10.1. The Labute approximate surface area is 119 Å². The van der Waals surface area contributed by atoms with E-state index in [1.165, 1.54) is 0 Å². The first-order valence-electron chi connectivity index (χ1n) is 6.88. The molecule has 6 heteroatoms. The van der Waals surface area contributed by atoms with Crippen LogP contribution in [0.1, 0.15) is 18.2 Å². The Kier molecular flexibility index (Phi) is 5.17. The van der Waals surface area contributed by atoms with Gasteiger partial charge in [0.2, 0.25) is 5.88 Å². The molecule has 0 atom stereocenters. The first-order chi connectivity index (χ1) is 9.74. The summed E-state index contributed by atoms with van der Waals surface area (Å²) >= 11 is 0. The molecule has 2 amide bonds. The molecule has 0 aromatic carbocycles. The van der Waals surface area contributed by atoms with Gasteiger partial charge in [0.05, 0.1) is 12.3 Å². The molecule has 6 nitrogen and oxygen atoms in total. The van der Waals surface area contributed by atoms with E-state index in [0.717, 1.165) is 17.7 Å². The Morgan fingerprint density at radius 3 is 3.05 bits per heavy atom. The number of carbonyl (C=O) groups excluding carboxylic acids is 1. The Balaban J connectivity index is 1.98. The maximum absolute atomic E-state index is 11.8. The number of nitrogens with zero attached hydrogens (tertiary/aromatic N) is 2. The van der Waals surface area contributed by atoms with Gasteiger partial charge in [-0.15, -0.1) is 0 Å². The quantitative estimate of drug-likeness (QED) is 0.822. The number of aromatic nitrogens is 1. The minimum absolute atomic E-state index is 0.0152. The van der Waals surface area contributed by atoms with Crippen molar-refractivity contribution < 1.29 is 14.3 Å². The zero-order valence-electron chi connectivity index (χ0n) is 12.0. The van der Waals surface area contributed by atoms with E-state index in [0.29, 0.717) is 38.7 Å². The summed E-state index contributed by atoms with van der Waals surface area (Å²) in [4.78, 5) is 18.1. The van der Waals surface area contributed by atoms with Crippen LogP contribution in [0.3, 0.4) is 0 Å². The van der Waals surface area contributed by atoms with Crippen LogP contribution in [0, 0.1) is 0 Å². The molecule has 0 saturated carbocycles. The highest BCUT2D eigenvalue weighted by Gasteiger charge is 2.21. The number of methoxy groups -OCH3 is 1. The van der Waals surface area contributed by atoms with Crippen molar-refractivity contribution in [3.63, 3.8) is 0 Å². The molecule has 1 aromatic heterocycles. The molecule has 0 unspecified atom stereocenters. The summed E-state index contributed by atoms with van der Waals surface area (Å²) in [6.07, 6.45) is 0.758. The van der Waals surface area contributed by atoms with Crippen LogP contribution >= 0.6 is 0 Å². The Hall–Kier alpha value is -1.82. The van der Waals surface area contributed by atoms with Gasteiger partial charge >= 0.3 is 6.03 Å². The molecule has 2 rings (SSSR count). The fraction of sp³-hybridized carbons (Fsp3) is 0.571. The summed E-state index contributed by atoms with van der Waals surface area (Å²) in [5.41, 5.74) is 2.10. The number of fused-ring (bicyclic) bond motifs is 1. The minimum atomic E-state index is -0.0152. The van der Waals surface area contributed by atoms with E-state index in [1.54, 1.807) is 12.0 Å². The summed E-state index contributed by atoms with van der Waals surface area (Å²) in [6, 6.07) is 3.81. The molecule has 0 bridgehead atoms. The third kappa shape index (κ3) is 3.60. The lowest BCUT2D eigenvalue weighted by Gasteiger charge is -2.28. The predicted octanol–water partition coefficient (Wildman–Crippen LogP) is 1.19. The van der Waals surface area contributed by atoms with Crippen LogP contribution in [0.5, 0.6) is 5.88 Å². The first-order valence-corrected chi connectivity index (χ1v) is 6.88. The number of amides is 2. The van der Waals surface area contributed by atoms with Gasteiger partial charge in [0.1, 0.15) is 6.61 Å². The highest BCUT2D eigenvalue weighted by Crippen LogP contribution is 2.20. The maximum Gasteiger partial charge on any atom is 0.317 e. The van der Waals surface area contributed by atoms with Crippen LogP contribution in [0.2, 0.25) is 0 Å². The number of pyridine rings is 1. The normalized spacial score (nSPS) is 13.8. The fourth-order valence-corrected chi connectivity index (χ4v) is 2.14. The average Bonchev–Trinajstić information content (AvgIpc) is 2.47. The topological polar surface area (TPSA) is 63.7 Å². The van der Waals surface area contributed by atoms with Crippen molar-refractivity contribution in [1.29, 1.82) is 0 Å². The molecule has 110 valence electrons. The second-order valence-electron chi connectivity index (χ2n) is 4.60. The standard InChI is InChI=1S/C14H21N3O3/c1-3-15-14(18)17-7-6-12-11(10-17)4-5-13(16-12)20-9-8-19-2/h4-5H,3,6-10H2,1-2H3,(H,15,18). The largest absolute Gasteiger partial charge is 0.475 e. The zero-order valence-corrected chi connectivity index (χ0v) is 12.0. The van der Waals surface area contributed by atoms with Gasteiger partial charge in [-0.1, -0.05) is 6.07 Å². The van der Waals surface area contributed by atoms with Gasteiger partial charge in [0.25, 0.3) is 0 Å². The maximum atomic E-state index is 11.8. The SMILES string of the molecule is CCNC(=O)N1CCc2nc(OCCOC)ccc2C1. The van der Waals surface area contributed by atoms with Crippen LogP contribution in [0.4, 0.5) is 4.79 Å². The van der Waals surface area contributed by atoms with Gasteiger partial charge in [-0.2, -0.15) is 0 Å². The highest BCUT2D eigenvalue weighted by atomic mass is 16.5. The van der Waals surface area contributed by atoms with Crippen molar-refractivity contribution in [3.8, 4) is 5.88 Å². The van der Waals surface area contributed by atoms with Crippen LogP contribution in [-0.2, 0) is 17.7 Å². The molecule has 2 heterocycles. The van der Waals surface area contributed by atoms with Crippen molar-refractivity contribution in [2.24, 2.45) is 0 Å². The van der Waals surface area contributed by atoms with E-state index in [9.17, 15) is 4.79 Å². The molecule has 0 radical (unpaired) electrons. The number of hydrogen-bond acceptors (Lipinski definition) is 4. The molecule has 1 aliphatic heterocycles. The van der Waals surface area contributed by atoms with Gasteiger partial charge in [0.15, 0.2) is 0 Å². The van der Waals surface area contributed by atoms with Crippen molar-refractivity contribution in [1.82, 2.24) is 15.2 Å². The van der Waals surface area contributed by atoms with Crippen molar-refractivity contribution in [2.75, 3.05) is 33.4 Å². The average molecular weight is 279 g/mol. The predicted molar refractivity (Wildman–Crippen MR) is 74.8 cm³/mol. The highest BCUT2D eigenvalue weighted by molar-refractivity contribution is 5.74. The number of hydrogen-bond donors (Lipinski definition) is 1. The number of rotatable bonds is 5. The zero-order chi connectivity index (χ0) is 14.4. The molecular weight excluding hydrogens is 258 g/mol. The second kappa shape index (κ2) is 7.09. The van der Waals surface area contributed by atoms with Crippen molar-refractivity contribution >= 4 is 6.03 Å². The van der Waals surface area contributed by atoms with Crippen LogP contribution in [-0.4, -0.2) is 49.3 Å². The van der Waals surface area contributed by atoms with E-state index in [-0.39, 0.29) is 6.03 Å². The molecular formula is C14H21N3O3. The molecule has 20 heavy (non-hydrogen) atoms. The summed E-state index contributed by atoms with van der Waals surface area (Å²) in [5, 5.41) is 2.82. The van der Waals surface area contributed by atoms with E-state index in [4.69, 9.17) is 9.47 Å². The molecule has 0 saturated heterocycles. The van der Waals surface area contributed by atoms with Gasteiger partial charge < -0.3 is 19.7 Å². The lowest BCUT2D eigenvalue weighted by molar-refractivity contribution is 0.143. The Morgan fingerprint density at radius 2 is 2.30 bits per heavy atom. The van der Waals surface area contributed by atoms with Gasteiger partial charge in [-0.05, 0) is 12.5 Å². The van der Waals surface area contributed by atoms with Gasteiger partial charge in [-0.3, -0.25) is 0 Å². The van der Waals surface area contributed by atoms with E-state index < -0.39 is 0 Å².